The second kappa shape index (κ2) is 14.8. The summed E-state index contributed by atoms with van der Waals surface area (Å²) in [5.74, 6) is 0.819. The van der Waals surface area contributed by atoms with Crippen molar-refractivity contribution >= 4 is 29.9 Å². The van der Waals surface area contributed by atoms with Gasteiger partial charge in [-0.3, -0.25) is 4.99 Å². The molecule has 0 aliphatic carbocycles. The summed E-state index contributed by atoms with van der Waals surface area (Å²) in [6, 6.07) is 10.4. The molecule has 0 saturated heterocycles. The van der Waals surface area contributed by atoms with Gasteiger partial charge in [0.05, 0.1) is 6.61 Å². The highest BCUT2D eigenvalue weighted by atomic mass is 127. The smallest absolute Gasteiger partial charge is 0.191 e. The molecule has 0 saturated carbocycles. The molecule has 0 atom stereocenters. The molecular formula is C17H28IN3O. The molecule has 0 aromatic heterocycles. The summed E-state index contributed by atoms with van der Waals surface area (Å²) in [6.45, 7) is 6.90. The van der Waals surface area contributed by atoms with E-state index in [1.54, 1.807) is 7.05 Å². The first-order valence-corrected chi connectivity index (χ1v) is 7.54. The quantitative estimate of drug-likeness (QED) is 0.202. The highest BCUT2D eigenvalue weighted by Gasteiger charge is 1.95. The topological polar surface area (TPSA) is 45.7 Å². The van der Waals surface area contributed by atoms with Gasteiger partial charge in [0.2, 0.25) is 0 Å². The van der Waals surface area contributed by atoms with Crippen molar-refractivity contribution < 1.29 is 4.74 Å². The Morgan fingerprint density at radius 3 is 2.64 bits per heavy atom. The molecule has 0 fully saturated rings. The maximum absolute atomic E-state index is 5.65. The molecule has 0 spiro atoms. The van der Waals surface area contributed by atoms with E-state index in [-0.39, 0.29) is 24.0 Å². The first kappa shape index (κ1) is 20.9. The van der Waals surface area contributed by atoms with Crippen LogP contribution in [0.15, 0.2) is 48.0 Å². The largest absolute Gasteiger partial charge is 0.381 e. The lowest BCUT2D eigenvalue weighted by Crippen LogP contribution is -2.37. The van der Waals surface area contributed by atoms with Crippen molar-refractivity contribution in [2.45, 2.75) is 19.3 Å². The lowest BCUT2D eigenvalue weighted by molar-refractivity contribution is 0.133. The van der Waals surface area contributed by atoms with Gasteiger partial charge in [0.1, 0.15) is 0 Å². The zero-order valence-corrected chi connectivity index (χ0v) is 15.7. The van der Waals surface area contributed by atoms with E-state index in [1.807, 2.05) is 12.1 Å². The number of nitrogens with zero attached hydrogens (tertiary/aromatic N) is 1. The zero-order valence-electron chi connectivity index (χ0n) is 13.4. The summed E-state index contributed by atoms with van der Waals surface area (Å²) in [6.07, 6.45) is 4.92. The van der Waals surface area contributed by atoms with Crippen LogP contribution in [0.4, 0.5) is 0 Å². The van der Waals surface area contributed by atoms with Gasteiger partial charge < -0.3 is 15.4 Å². The minimum absolute atomic E-state index is 0. The number of unbranched alkanes of at least 4 members (excludes halogenated alkanes) is 1. The van der Waals surface area contributed by atoms with Crippen molar-refractivity contribution in [3.05, 3.63) is 48.6 Å². The average molecular weight is 417 g/mol. The van der Waals surface area contributed by atoms with Gasteiger partial charge in [-0.25, -0.2) is 0 Å². The number of nitrogens with one attached hydrogen (secondary N) is 2. The molecular weight excluding hydrogens is 389 g/mol. The molecule has 5 heteroatoms. The van der Waals surface area contributed by atoms with Crippen molar-refractivity contribution in [3.8, 4) is 0 Å². The van der Waals surface area contributed by atoms with Crippen LogP contribution in [0.2, 0.25) is 0 Å². The Kier molecular flexibility index (Phi) is 14.1. The van der Waals surface area contributed by atoms with E-state index in [0.717, 1.165) is 51.5 Å². The fraction of sp³-hybridized carbons (Fsp3) is 0.471. The standard InChI is InChI=1S/C17H27N3O.HI/c1-3-12-19-17(18-2)20-13-7-8-14-21-15-11-16-9-5-4-6-10-16;/h3-6,9-10H,1,7-8,11-15H2,2H3,(H2,18,19,20);1H. The highest BCUT2D eigenvalue weighted by molar-refractivity contribution is 14.0. The van der Waals surface area contributed by atoms with Crippen LogP contribution < -0.4 is 10.6 Å². The van der Waals surface area contributed by atoms with Crippen molar-refractivity contribution in [2.24, 2.45) is 4.99 Å². The van der Waals surface area contributed by atoms with Gasteiger partial charge in [0, 0.05) is 26.7 Å². The molecule has 0 radical (unpaired) electrons. The fourth-order valence-corrected chi connectivity index (χ4v) is 1.86. The molecule has 1 rings (SSSR count). The summed E-state index contributed by atoms with van der Waals surface area (Å²) < 4.78 is 5.65. The van der Waals surface area contributed by atoms with E-state index in [4.69, 9.17) is 4.74 Å². The summed E-state index contributed by atoms with van der Waals surface area (Å²) in [5, 5.41) is 6.39. The molecule has 2 N–H and O–H groups in total. The van der Waals surface area contributed by atoms with Crippen LogP contribution in [0.1, 0.15) is 18.4 Å². The molecule has 0 heterocycles. The van der Waals surface area contributed by atoms with Crippen LogP contribution in [-0.2, 0) is 11.2 Å². The third kappa shape index (κ3) is 10.6. The maximum atomic E-state index is 5.65. The Morgan fingerprint density at radius 1 is 1.18 bits per heavy atom. The second-order valence-corrected chi connectivity index (χ2v) is 4.72. The van der Waals surface area contributed by atoms with Gasteiger partial charge in [-0.05, 0) is 24.8 Å². The number of hydrogen-bond acceptors (Lipinski definition) is 2. The molecule has 0 amide bonds. The predicted molar refractivity (Wildman–Crippen MR) is 105 cm³/mol. The van der Waals surface area contributed by atoms with E-state index in [2.05, 4.69) is 46.5 Å². The monoisotopic (exact) mass is 417 g/mol. The number of rotatable bonds is 10. The number of aliphatic imine (C=N–C) groups is 1. The van der Waals surface area contributed by atoms with Crippen LogP contribution in [0.3, 0.4) is 0 Å². The van der Waals surface area contributed by atoms with Crippen LogP contribution in [-0.4, -0.2) is 39.3 Å². The Morgan fingerprint density at radius 2 is 1.95 bits per heavy atom. The number of guanidine groups is 1. The van der Waals surface area contributed by atoms with Gasteiger partial charge in [0.25, 0.3) is 0 Å². The molecule has 1 aromatic rings. The molecule has 0 unspecified atom stereocenters. The SMILES string of the molecule is C=CCNC(=NC)NCCCCOCCc1ccccc1.I. The van der Waals surface area contributed by atoms with E-state index in [1.165, 1.54) is 5.56 Å². The van der Waals surface area contributed by atoms with Gasteiger partial charge >= 0.3 is 0 Å². The number of hydrogen-bond donors (Lipinski definition) is 2. The average Bonchev–Trinajstić information content (AvgIpc) is 2.53. The molecule has 4 nitrogen and oxygen atoms in total. The van der Waals surface area contributed by atoms with Crippen molar-refractivity contribution in [1.29, 1.82) is 0 Å². The van der Waals surface area contributed by atoms with Gasteiger partial charge in [0.15, 0.2) is 5.96 Å². The lowest BCUT2D eigenvalue weighted by Gasteiger charge is -2.10. The number of halogens is 1. The van der Waals surface area contributed by atoms with Gasteiger partial charge in [-0.1, -0.05) is 36.4 Å². The maximum Gasteiger partial charge on any atom is 0.191 e. The van der Waals surface area contributed by atoms with Crippen molar-refractivity contribution in [3.63, 3.8) is 0 Å². The lowest BCUT2D eigenvalue weighted by atomic mass is 10.2. The van der Waals surface area contributed by atoms with E-state index in [0.29, 0.717) is 0 Å². The summed E-state index contributed by atoms with van der Waals surface area (Å²) in [4.78, 5) is 4.12. The second-order valence-electron chi connectivity index (χ2n) is 4.72. The minimum atomic E-state index is 0. The molecule has 0 aliphatic rings. The van der Waals surface area contributed by atoms with Gasteiger partial charge in [-0.2, -0.15) is 0 Å². The third-order valence-electron chi connectivity index (χ3n) is 3.02. The molecule has 1 aromatic carbocycles. The first-order valence-electron chi connectivity index (χ1n) is 7.54. The van der Waals surface area contributed by atoms with E-state index in [9.17, 15) is 0 Å². The number of ether oxygens (including phenoxy) is 1. The van der Waals surface area contributed by atoms with Crippen LogP contribution >= 0.6 is 24.0 Å². The number of benzene rings is 1. The van der Waals surface area contributed by atoms with Crippen LogP contribution in [0, 0.1) is 0 Å². The predicted octanol–water partition coefficient (Wildman–Crippen LogP) is 2.99. The summed E-state index contributed by atoms with van der Waals surface area (Å²) >= 11 is 0. The van der Waals surface area contributed by atoms with Crippen LogP contribution in [0.5, 0.6) is 0 Å². The van der Waals surface area contributed by atoms with Gasteiger partial charge in [-0.15, -0.1) is 30.6 Å². The molecule has 22 heavy (non-hydrogen) atoms. The highest BCUT2D eigenvalue weighted by Crippen LogP contribution is 2.00. The van der Waals surface area contributed by atoms with E-state index < -0.39 is 0 Å². The Hall–Kier alpha value is -1.08. The Labute approximate surface area is 151 Å². The van der Waals surface area contributed by atoms with Crippen molar-refractivity contribution in [2.75, 3.05) is 33.4 Å². The molecule has 0 aliphatic heterocycles. The van der Waals surface area contributed by atoms with Crippen molar-refractivity contribution in [1.82, 2.24) is 10.6 Å². The fourth-order valence-electron chi connectivity index (χ4n) is 1.86. The normalized spacial score (nSPS) is 10.7. The minimum Gasteiger partial charge on any atom is -0.381 e. The Bertz CT molecular complexity index is 410. The first-order chi connectivity index (χ1) is 10.4. The molecule has 0 bridgehead atoms. The third-order valence-corrected chi connectivity index (χ3v) is 3.02. The summed E-state index contributed by atoms with van der Waals surface area (Å²) in [7, 11) is 1.77. The summed E-state index contributed by atoms with van der Waals surface area (Å²) in [5.41, 5.74) is 1.33. The van der Waals surface area contributed by atoms with E-state index >= 15 is 0 Å². The molecule has 124 valence electrons. The Balaban J connectivity index is 0.00000441. The van der Waals surface area contributed by atoms with Crippen LogP contribution in [0.25, 0.3) is 0 Å². The zero-order chi connectivity index (χ0) is 15.2.